The van der Waals surface area contributed by atoms with E-state index in [4.69, 9.17) is 0 Å². The minimum atomic E-state index is 0.626. The lowest BCUT2D eigenvalue weighted by Gasteiger charge is -2.16. The van der Waals surface area contributed by atoms with Crippen molar-refractivity contribution in [1.82, 2.24) is 0 Å². The van der Waals surface area contributed by atoms with Gasteiger partial charge in [0, 0.05) is 0 Å². The summed E-state index contributed by atoms with van der Waals surface area (Å²) in [6.07, 6.45) is 12.9. The lowest BCUT2D eigenvalue weighted by molar-refractivity contribution is 0.459. The molecule has 0 radical (unpaired) electrons. The topological polar surface area (TPSA) is 0 Å². The van der Waals surface area contributed by atoms with Crippen molar-refractivity contribution in [3.05, 3.63) is 35.5 Å². The second-order valence-corrected chi connectivity index (χ2v) is 6.13. The van der Waals surface area contributed by atoms with Crippen molar-refractivity contribution >= 4 is 0 Å². The Morgan fingerprint density at radius 2 is 1.63 bits per heavy atom. The molecule has 0 rings (SSSR count). The first-order valence-electron chi connectivity index (χ1n) is 7.92. The zero-order valence-corrected chi connectivity index (χ0v) is 14.2. The van der Waals surface area contributed by atoms with Crippen molar-refractivity contribution in [2.24, 2.45) is 17.8 Å². The molecule has 0 aromatic heterocycles. The smallest absolute Gasteiger partial charge is 0.0222 e. The summed E-state index contributed by atoms with van der Waals surface area (Å²) in [6.45, 7) is 15.8. The van der Waals surface area contributed by atoms with Crippen LogP contribution in [0.1, 0.15) is 67.7 Å². The summed E-state index contributed by atoms with van der Waals surface area (Å²) in [7, 11) is 0. The van der Waals surface area contributed by atoms with Crippen LogP contribution in [0.4, 0.5) is 0 Å². The number of hydrogen-bond acceptors (Lipinski definition) is 0. The van der Waals surface area contributed by atoms with E-state index in [1.807, 2.05) is 0 Å². The van der Waals surface area contributed by atoms with Gasteiger partial charge in [0.25, 0.3) is 0 Å². The summed E-state index contributed by atoms with van der Waals surface area (Å²) in [5.74, 6) is 2.07. The molecular weight excluding hydrogens is 228 g/mol. The molecule has 0 heterocycles. The molecule has 0 amide bonds. The van der Waals surface area contributed by atoms with Crippen LogP contribution in [0, 0.1) is 17.8 Å². The quantitative estimate of drug-likeness (QED) is 0.343. The molecule has 0 N–H and O–H groups in total. The maximum absolute atomic E-state index is 2.38. The zero-order chi connectivity index (χ0) is 14.8. The van der Waals surface area contributed by atoms with Gasteiger partial charge in [-0.2, -0.15) is 0 Å². The van der Waals surface area contributed by atoms with Gasteiger partial charge in [0.1, 0.15) is 0 Å². The van der Waals surface area contributed by atoms with Gasteiger partial charge in [0.2, 0.25) is 0 Å². The molecule has 0 nitrogen and oxygen atoms in total. The summed E-state index contributed by atoms with van der Waals surface area (Å²) in [5, 5.41) is 0. The molecule has 0 spiro atoms. The molecule has 2 atom stereocenters. The molecular formula is C19H34. The third-order valence-corrected chi connectivity index (χ3v) is 3.86. The van der Waals surface area contributed by atoms with Crippen LogP contribution < -0.4 is 0 Å². The van der Waals surface area contributed by atoms with E-state index in [0.717, 1.165) is 5.92 Å². The van der Waals surface area contributed by atoms with Crippen LogP contribution in [0.25, 0.3) is 0 Å². The van der Waals surface area contributed by atoms with E-state index in [0.29, 0.717) is 11.8 Å². The Kier molecular flexibility index (Phi) is 9.65. The van der Waals surface area contributed by atoms with Gasteiger partial charge in [-0.05, 0) is 50.9 Å². The van der Waals surface area contributed by atoms with Crippen molar-refractivity contribution in [1.29, 1.82) is 0 Å². The fraction of sp³-hybridized carbons (Fsp3) is 0.684. The fourth-order valence-corrected chi connectivity index (χ4v) is 2.61. The predicted octanol–water partition coefficient (Wildman–Crippen LogP) is 6.55. The molecule has 0 aliphatic heterocycles. The Morgan fingerprint density at radius 3 is 2.05 bits per heavy atom. The van der Waals surface area contributed by atoms with E-state index in [2.05, 4.69) is 72.8 Å². The highest BCUT2D eigenvalue weighted by Crippen LogP contribution is 2.22. The molecule has 0 bridgehead atoms. The summed E-state index contributed by atoms with van der Waals surface area (Å²) in [6, 6.07) is 0. The highest BCUT2D eigenvalue weighted by atomic mass is 14.1. The van der Waals surface area contributed by atoms with E-state index in [1.165, 1.54) is 24.8 Å². The largest absolute Gasteiger partial charge is 0.0885 e. The first-order chi connectivity index (χ1) is 8.94. The third kappa shape index (κ3) is 8.08. The Hall–Kier alpha value is -0.780. The average molecular weight is 262 g/mol. The summed E-state index contributed by atoms with van der Waals surface area (Å²) < 4.78 is 0. The molecule has 0 saturated carbocycles. The van der Waals surface area contributed by atoms with Gasteiger partial charge in [-0.1, -0.05) is 70.1 Å². The SMILES string of the molecule is CC=C(CC)CC(C)CC(C)C=CC(=CC)C(C)C. The van der Waals surface area contributed by atoms with Gasteiger partial charge in [-0.25, -0.2) is 0 Å². The molecule has 0 saturated heterocycles. The molecule has 0 aromatic carbocycles. The summed E-state index contributed by atoms with van der Waals surface area (Å²) in [5.41, 5.74) is 3.04. The van der Waals surface area contributed by atoms with Crippen LogP contribution in [0.15, 0.2) is 35.5 Å². The minimum absolute atomic E-state index is 0.626. The van der Waals surface area contributed by atoms with Gasteiger partial charge in [-0.3, -0.25) is 0 Å². The maximum atomic E-state index is 2.38. The monoisotopic (exact) mass is 262 g/mol. The second kappa shape index (κ2) is 10.1. The average Bonchev–Trinajstić information content (AvgIpc) is 2.36. The highest BCUT2D eigenvalue weighted by molar-refractivity contribution is 5.20. The molecule has 19 heavy (non-hydrogen) atoms. The molecule has 0 aliphatic rings. The van der Waals surface area contributed by atoms with E-state index in [9.17, 15) is 0 Å². The summed E-state index contributed by atoms with van der Waals surface area (Å²) in [4.78, 5) is 0. The van der Waals surface area contributed by atoms with Crippen LogP contribution in [0.5, 0.6) is 0 Å². The van der Waals surface area contributed by atoms with E-state index < -0.39 is 0 Å². The van der Waals surface area contributed by atoms with Crippen molar-refractivity contribution in [3.8, 4) is 0 Å². The van der Waals surface area contributed by atoms with E-state index >= 15 is 0 Å². The van der Waals surface area contributed by atoms with Crippen LogP contribution in [0.3, 0.4) is 0 Å². The Morgan fingerprint density at radius 1 is 1.00 bits per heavy atom. The van der Waals surface area contributed by atoms with Crippen LogP contribution in [-0.2, 0) is 0 Å². The van der Waals surface area contributed by atoms with Crippen molar-refractivity contribution in [2.75, 3.05) is 0 Å². The first kappa shape index (κ1) is 18.2. The van der Waals surface area contributed by atoms with Crippen LogP contribution in [-0.4, -0.2) is 0 Å². The van der Waals surface area contributed by atoms with Crippen molar-refractivity contribution in [2.45, 2.75) is 67.7 Å². The third-order valence-electron chi connectivity index (χ3n) is 3.86. The Balaban J connectivity index is 4.31. The second-order valence-electron chi connectivity index (χ2n) is 6.13. The number of allylic oxidation sites excluding steroid dienone is 6. The molecule has 110 valence electrons. The highest BCUT2D eigenvalue weighted by Gasteiger charge is 2.08. The Bertz CT molecular complexity index is 315. The standard InChI is InChI=1S/C19H34/c1-8-18(9-2)14-17(7)13-16(6)11-12-19(10-3)15(4)5/h8,10-12,15-17H,9,13-14H2,1-7H3. The number of hydrogen-bond donors (Lipinski definition) is 0. The van der Waals surface area contributed by atoms with Crippen molar-refractivity contribution in [3.63, 3.8) is 0 Å². The van der Waals surface area contributed by atoms with Crippen molar-refractivity contribution < 1.29 is 0 Å². The number of rotatable bonds is 8. The van der Waals surface area contributed by atoms with Gasteiger partial charge in [0.15, 0.2) is 0 Å². The van der Waals surface area contributed by atoms with Gasteiger partial charge < -0.3 is 0 Å². The Labute approximate surface area is 121 Å². The van der Waals surface area contributed by atoms with Crippen LogP contribution in [0.2, 0.25) is 0 Å². The molecule has 0 fully saturated rings. The van der Waals surface area contributed by atoms with Crippen LogP contribution >= 0.6 is 0 Å². The molecule has 0 aromatic rings. The maximum Gasteiger partial charge on any atom is -0.0222 e. The minimum Gasteiger partial charge on any atom is -0.0885 e. The van der Waals surface area contributed by atoms with Gasteiger partial charge in [-0.15, -0.1) is 0 Å². The summed E-state index contributed by atoms with van der Waals surface area (Å²) >= 11 is 0. The lowest BCUT2D eigenvalue weighted by atomic mass is 9.90. The van der Waals surface area contributed by atoms with Gasteiger partial charge in [0.05, 0.1) is 0 Å². The normalized spacial score (nSPS) is 17.3. The van der Waals surface area contributed by atoms with E-state index in [-0.39, 0.29) is 0 Å². The molecule has 0 heteroatoms. The first-order valence-corrected chi connectivity index (χ1v) is 7.92. The molecule has 2 unspecified atom stereocenters. The fourth-order valence-electron chi connectivity index (χ4n) is 2.61. The van der Waals surface area contributed by atoms with E-state index in [1.54, 1.807) is 5.57 Å². The lowest BCUT2D eigenvalue weighted by Crippen LogP contribution is -2.03. The zero-order valence-electron chi connectivity index (χ0n) is 14.2. The molecule has 0 aliphatic carbocycles. The predicted molar refractivity (Wildman–Crippen MR) is 89.3 cm³/mol. The van der Waals surface area contributed by atoms with Gasteiger partial charge >= 0.3 is 0 Å².